The first-order valence-electron chi connectivity index (χ1n) is 13.4. The van der Waals surface area contributed by atoms with Gasteiger partial charge in [-0.25, -0.2) is 0 Å². The number of aryl methyl sites for hydroxylation is 1. The fraction of sp³-hybridized carbons (Fsp3) is 0.500. The van der Waals surface area contributed by atoms with Crippen molar-refractivity contribution < 1.29 is 4.58 Å². The van der Waals surface area contributed by atoms with Crippen LogP contribution in [0, 0.1) is 33.6 Å². The summed E-state index contributed by atoms with van der Waals surface area (Å²) in [5.74, 6) is 0.496. The third-order valence-corrected chi connectivity index (χ3v) is 8.89. The van der Waals surface area contributed by atoms with Crippen LogP contribution in [0.5, 0.6) is 0 Å². The van der Waals surface area contributed by atoms with Crippen molar-refractivity contribution in [2.24, 2.45) is 5.92 Å². The smallest absolute Gasteiger partial charge is 0.115 e. The summed E-state index contributed by atoms with van der Waals surface area (Å²) in [7, 11) is 4.30. The number of allylic oxidation sites excluding steroid dienone is 7. The minimum atomic E-state index is 0.467. The van der Waals surface area contributed by atoms with Crippen LogP contribution in [0.1, 0.15) is 83.6 Å². The molecule has 1 aromatic carbocycles. The minimum absolute atomic E-state index is 0.467. The van der Waals surface area contributed by atoms with Gasteiger partial charge in [-0.15, -0.1) is 17.7 Å². The molecular formula is C34H50N2. The van der Waals surface area contributed by atoms with Crippen LogP contribution in [0.3, 0.4) is 0 Å². The average molecular weight is 487 g/mol. The van der Waals surface area contributed by atoms with Crippen molar-refractivity contribution in [3.63, 3.8) is 0 Å². The summed E-state index contributed by atoms with van der Waals surface area (Å²) < 4.78 is 2.11. The Morgan fingerprint density at radius 1 is 1.03 bits per heavy atom. The molecule has 196 valence electrons. The van der Waals surface area contributed by atoms with Gasteiger partial charge in [0.15, 0.2) is 0 Å². The highest BCUT2D eigenvalue weighted by Crippen LogP contribution is 2.32. The minimum Gasteiger partial charge on any atom is -0.374 e. The number of nitrogens with zero attached hydrogens (tertiary/aromatic N) is 2. The van der Waals surface area contributed by atoms with E-state index in [0.717, 1.165) is 12.8 Å². The van der Waals surface area contributed by atoms with E-state index in [4.69, 9.17) is 0 Å². The lowest BCUT2D eigenvalue weighted by molar-refractivity contribution is -0.399. The van der Waals surface area contributed by atoms with Gasteiger partial charge in [-0.2, -0.15) is 0 Å². The summed E-state index contributed by atoms with van der Waals surface area (Å²) in [5.41, 5.74) is 15.3. The Morgan fingerprint density at radius 3 is 2.31 bits per heavy atom. The molecule has 0 bridgehead atoms. The average Bonchev–Trinajstić information content (AvgIpc) is 2.84. The van der Waals surface area contributed by atoms with Crippen molar-refractivity contribution in [1.29, 1.82) is 0 Å². The first-order valence-corrected chi connectivity index (χ1v) is 13.4. The van der Waals surface area contributed by atoms with Gasteiger partial charge in [0, 0.05) is 7.05 Å². The van der Waals surface area contributed by atoms with Crippen LogP contribution in [0.15, 0.2) is 63.9 Å². The van der Waals surface area contributed by atoms with Crippen LogP contribution in [0.2, 0.25) is 0 Å². The zero-order valence-electron chi connectivity index (χ0n) is 25.4. The van der Waals surface area contributed by atoms with E-state index in [-0.39, 0.29) is 0 Å². The summed E-state index contributed by atoms with van der Waals surface area (Å²) in [5, 5.41) is 0. The molecule has 1 aliphatic rings. The quantitative estimate of drug-likeness (QED) is 0.154. The molecule has 1 aromatic rings. The number of benzene rings is 1. The number of likely N-dealkylation sites (N-methyl/N-ethyl adjacent to an activating group) is 1. The summed E-state index contributed by atoms with van der Waals surface area (Å²) in [6.45, 7) is 24.7. The van der Waals surface area contributed by atoms with E-state index in [2.05, 4.69) is 136 Å². The van der Waals surface area contributed by atoms with Crippen LogP contribution >= 0.6 is 0 Å². The Hall–Kier alpha value is -2.61. The lowest BCUT2D eigenvalue weighted by atomic mass is 9.84. The lowest BCUT2D eigenvalue weighted by Crippen LogP contribution is -2.31. The van der Waals surface area contributed by atoms with Crippen molar-refractivity contribution in [1.82, 2.24) is 4.90 Å². The number of hydrogen-bond acceptors (Lipinski definition) is 1. The highest BCUT2D eigenvalue weighted by molar-refractivity contribution is 5.69. The third kappa shape index (κ3) is 6.78. The van der Waals surface area contributed by atoms with Gasteiger partial charge in [0.25, 0.3) is 0 Å². The van der Waals surface area contributed by atoms with E-state index < -0.39 is 0 Å². The van der Waals surface area contributed by atoms with Crippen molar-refractivity contribution in [3.05, 3.63) is 86.2 Å². The molecule has 2 rings (SSSR count). The molecule has 0 amide bonds. The van der Waals surface area contributed by atoms with Gasteiger partial charge < -0.3 is 9.48 Å². The van der Waals surface area contributed by atoms with Gasteiger partial charge in [0.1, 0.15) is 18.9 Å². The molecule has 2 nitrogen and oxygen atoms in total. The largest absolute Gasteiger partial charge is 0.374 e. The molecule has 0 saturated heterocycles. The highest BCUT2D eigenvalue weighted by Gasteiger charge is 2.22. The van der Waals surface area contributed by atoms with E-state index in [1.54, 1.807) is 0 Å². The topological polar surface area (TPSA) is 6.25 Å². The van der Waals surface area contributed by atoms with Crippen LogP contribution in [0.25, 0.3) is 0 Å². The molecule has 0 spiro atoms. The van der Waals surface area contributed by atoms with Crippen molar-refractivity contribution in [2.45, 2.75) is 95.0 Å². The summed E-state index contributed by atoms with van der Waals surface area (Å²) in [6.07, 6.45) is 14.5. The van der Waals surface area contributed by atoms with Gasteiger partial charge in [-0.05, 0) is 121 Å². The van der Waals surface area contributed by atoms with E-state index in [1.807, 2.05) is 0 Å². The van der Waals surface area contributed by atoms with E-state index >= 15 is 0 Å². The summed E-state index contributed by atoms with van der Waals surface area (Å²) in [4.78, 5) is 2.39. The highest BCUT2D eigenvalue weighted by atomic mass is 15.1. The van der Waals surface area contributed by atoms with Gasteiger partial charge in [-0.3, -0.25) is 0 Å². The predicted molar refractivity (Wildman–Crippen MR) is 160 cm³/mol. The molecule has 0 radical (unpaired) electrons. The first-order chi connectivity index (χ1) is 16.8. The molecule has 0 N–H and O–H groups in total. The van der Waals surface area contributed by atoms with Gasteiger partial charge in [0.05, 0.1) is 6.04 Å². The lowest BCUT2D eigenvalue weighted by Gasteiger charge is -2.34. The normalized spacial score (nSPS) is 19.0. The maximum atomic E-state index is 3.44. The molecule has 0 aliphatic heterocycles. The first kappa shape index (κ1) is 29.6. The van der Waals surface area contributed by atoms with Crippen molar-refractivity contribution >= 4 is 11.9 Å². The molecule has 36 heavy (non-hydrogen) atoms. The van der Waals surface area contributed by atoms with Crippen LogP contribution < -0.4 is 0 Å². The molecule has 0 aromatic heterocycles. The maximum absolute atomic E-state index is 3.44. The Balaban J connectivity index is 2.06. The second kappa shape index (κ2) is 12.6. The van der Waals surface area contributed by atoms with Crippen LogP contribution in [-0.4, -0.2) is 35.8 Å². The van der Waals surface area contributed by atoms with Crippen LogP contribution in [-0.2, 0) is 0 Å². The summed E-state index contributed by atoms with van der Waals surface area (Å²) in [6, 6.07) is 2.73. The molecule has 0 saturated carbocycles. The molecule has 1 aliphatic carbocycles. The molecule has 2 unspecified atom stereocenters. The number of hydrogen-bond donors (Lipinski definition) is 0. The van der Waals surface area contributed by atoms with Crippen molar-refractivity contribution in [3.8, 4) is 0 Å². The van der Waals surface area contributed by atoms with E-state index in [0.29, 0.717) is 12.0 Å². The van der Waals surface area contributed by atoms with E-state index in [9.17, 15) is 0 Å². The fourth-order valence-corrected chi connectivity index (χ4v) is 5.03. The van der Waals surface area contributed by atoms with Gasteiger partial charge in [-0.1, -0.05) is 42.2 Å². The third-order valence-electron chi connectivity index (χ3n) is 8.89. The zero-order chi connectivity index (χ0) is 27.3. The second-order valence-corrected chi connectivity index (χ2v) is 11.1. The predicted octanol–water partition coefficient (Wildman–Crippen LogP) is 8.95. The second-order valence-electron chi connectivity index (χ2n) is 11.1. The van der Waals surface area contributed by atoms with Crippen LogP contribution in [0.4, 0.5) is 5.69 Å². The monoisotopic (exact) mass is 486 g/mol. The standard InChI is InChI=1S/C34H50N2/c1-22(16-14-18-35(12)33-20-24(3)27(6)29(8)31(33)10)26(5)23(2)17-15-19-36(13)34-21-25(4)28(7)30(9)32(34)11/h14-16,19-20,23,34H,17,21H2,1-13H3/b16-14+,19-15?,26-22+. The SMILES string of the molecule is CC1=C(C)C(C)=C(C)C(N(C)C=CCC(C)/C(C)=C(C)/C=C/[C-]=[N+](C)c2cc(C)c(C)c(C)c2C)C1. The Kier molecular flexibility index (Phi) is 10.3. The van der Waals surface area contributed by atoms with E-state index in [1.165, 1.54) is 61.4 Å². The summed E-state index contributed by atoms with van der Waals surface area (Å²) >= 11 is 0. The Labute approximate surface area is 222 Å². The zero-order valence-corrected chi connectivity index (χ0v) is 25.4. The molecule has 0 fully saturated rings. The molecule has 2 atom stereocenters. The molecule has 2 heteroatoms. The molecule has 0 heterocycles. The fourth-order valence-electron chi connectivity index (χ4n) is 5.03. The Morgan fingerprint density at radius 2 is 1.67 bits per heavy atom. The van der Waals surface area contributed by atoms with Gasteiger partial charge in [0.2, 0.25) is 0 Å². The van der Waals surface area contributed by atoms with Crippen molar-refractivity contribution in [2.75, 3.05) is 14.1 Å². The van der Waals surface area contributed by atoms with Gasteiger partial charge >= 0.3 is 0 Å². The molecular weight excluding hydrogens is 436 g/mol. The number of rotatable bonds is 8. The maximum Gasteiger partial charge on any atom is 0.115 e. The Bertz CT molecular complexity index is 1160.